The first-order chi connectivity index (χ1) is 8.60. The second kappa shape index (κ2) is 6.91. The topological polar surface area (TPSA) is 63.4 Å². The van der Waals surface area contributed by atoms with Gasteiger partial charge in [-0.1, -0.05) is 44.2 Å². The highest BCUT2D eigenvalue weighted by Gasteiger charge is 2.24. The Hall–Kier alpha value is -1.68. The van der Waals surface area contributed by atoms with E-state index in [0.29, 0.717) is 18.5 Å². The molecular formula is C14H20N2O2. The second-order valence-corrected chi connectivity index (χ2v) is 4.18. The number of rotatable bonds is 7. The summed E-state index contributed by atoms with van der Waals surface area (Å²) in [7, 11) is 0. The van der Waals surface area contributed by atoms with Crippen molar-refractivity contribution in [2.75, 3.05) is 13.1 Å². The van der Waals surface area contributed by atoms with Crippen molar-refractivity contribution < 1.29 is 9.59 Å². The standard InChI is InChI=1S/C14H20N2O2/c1-3-12(16(4-2)10-13(15)17)14(18)11-8-6-5-7-9-11/h5-9,12H,3-4,10H2,1-2H3,(H2,15,17). The lowest BCUT2D eigenvalue weighted by Gasteiger charge is -2.27. The Morgan fingerprint density at radius 2 is 1.83 bits per heavy atom. The molecule has 0 saturated heterocycles. The van der Waals surface area contributed by atoms with Crippen molar-refractivity contribution in [1.82, 2.24) is 4.90 Å². The van der Waals surface area contributed by atoms with Gasteiger partial charge in [0.15, 0.2) is 5.78 Å². The quantitative estimate of drug-likeness (QED) is 0.743. The van der Waals surface area contributed by atoms with Gasteiger partial charge in [0.1, 0.15) is 0 Å². The molecule has 0 aliphatic heterocycles. The van der Waals surface area contributed by atoms with Gasteiger partial charge < -0.3 is 5.73 Å². The maximum Gasteiger partial charge on any atom is 0.231 e. The van der Waals surface area contributed by atoms with Gasteiger partial charge in [0, 0.05) is 5.56 Å². The van der Waals surface area contributed by atoms with Crippen molar-refractivity contribution in [2.45, 2.75) is 26.3 Å². The van der Waals surface area contributed by atoms with Gasteiger partial charge >= 0.3 is 0 Å². The first kappa shape index (κ1) is 14.4. The van der Waals surface area contributed by atoms with Crippen LogP contribution in [0.4, 0.5) is 0 Å². The van der Waals surface area contributed by atoms with Crippen LogP contribution in [0.25, 0.3) is 0 Å². The molecule has 18 heavy (non-hydrogen) atoms. The fraction of sp³-hybridized carbons (Fsp3) is 0.429. The molecule has 0 aliphatic carbocycles. The molecule has 0 saturated carbocycles. The fourth-order valence-corrected chi connectivity index (χ4v) is 2.05. The zero-order valence-electron chi connectivity index (χ0n) is 10.9. The number of likely N-dealkylation sites (N-methyl/N-ethyl adjacent to an activating group) is 1. The van der Waals surface area contributed by atoms with Crippen LogP contribution in [0.3, 0.4) is 0 Å². The van der Waals surface area contributed by atoms with E-state index in [4.69, 9.17) is 5.73 Å². The smallest absolute Gasteiger partial charge is 0.231 e. The minimum absolute atomic E-state index is 0.0428. The Balaban J connectivity index is 2.88. The van der Waals surface area contributed by atoms with Crippen LogP contribution in [0.5, 0.6) is 0 Å². The van der Waals surface area contributed by atoms with Gasteiger partial charge in [-0.05, 0) is 13.0 Å². The molecule has 1 rings (SSSR count). The summed E-state index contributed by atoms with van der Waals surface area (Å²) in [4.78, 5) is 25.2. The summed E-state index contributed by atoms with van der Waals surface area (Å²) >= 11 is 0. The van der Waals surface area contributed by atoms with E-state index < -0.39 is 5.91 Å². The van der Waals surface area contributed by atoms with Crippen LogP contribution < -0.4 is 5.73 Å². The lowest BCUT2D eigenvalue weighted by molar-refractivity contribution is -0.119. The van der Waals surface area contributed by atoms with Gasteiger partial charge in [-0.3, -0.25) is 14.5 Å². The molecule has 1 amide bonds. The zero-order valence-corrected chi connectivity index (χ0v) is 10.9. The molecule has 1 atom stereocenters. The summed E-state index contributed by atoms with van der Waals surface area (Å²) in [5.41, 5.74) is 5.88. The number of benzene rings is 1. The molecule has 4 nitrogen and oxygen atoms in total. The van der Waals surface area contributed by atoms with E-state index in [1.54, 1.807) is 12.1 Å². The number of ketones is 1. The highest BCUT2D eigenvalue weighted by atomic mass is 16.1. The van der Waals surface area contributed by atoms with Crippen LogP contribution in [0, 0.1) is 0 Å². The molecule has 0 bridgehead atoms. The maximum absolute atomic E-state index is 12.4. The Morgan fingerprint density at radius 3 is 2.28 bits per heavy atom. The largest absolute Gasteiger partial charge is 0.369 e. The van der Waals surface area contributed by atoms with Gasteiger partial charge in [-0.25, -0.2) is 0 Å². The van der Waals surface area contributed by atoms with Crippen LogP contribution in [0.1, 0.15) is 30.6 Å². The maximum atomic E-state index is 12.4. The molecule has 0 aromatic heterocycles. The number of hydrogen-bond acceptors (Lipinski definition) is 3. The number of Topliss-reactive ketones (excluding diaryl/α,β-unsaturated/α-hetero) is 1. The predicted octanol–water partition coefficient (Wildman–Crippen LogP) is 1.46. The van der Waals surface area contributed by atoms with Crippen molar-refractivity contribution in [3.8, 4) is 0 Å². The summed E-state index contributed by atoms with van der Waals surface area (Å²) in [6.45, 7) is 4.60. The molecule has 0 fully saturated rings. The first-order valence-corrected chi connectivity index (χ1v) is 6.21. The first-order valence-electron chi connectivity index (χ1n) is 6.21. The van der Waals surface area contributed by atoms with Crippen LogP contribution in [-0.2, 0) is 4.79 Å². The Morgan fingerprint density at radius 1 is 1.22 bits per heavy atom. The third-order valence-corrected chi connectivity index (χ3v) is 2.95. The van der Waals surface area contributed by atoms with Crippen molar-refractivity contribution in [1.29, 1.82) is 0 Å². The fourth-order valence-electron chi connectivity index (χ4n) is 2.05. The number of amides is 1. The number of primary amides is 1. The molecule has 1 unspecified atom stereocenters. The lowest BCUT2D eigenvalue weighted by atomic mass is 10.0. The molecule has 4 heteroatoms. The molecule has 0 spiro atoms. The molecule has 1 aromatic rings. The molecule has 98 valence electrons. The third-order valence-electron chi connectivity index (χ3n) is 2.95. The van der Waals surface area contributed by atoms with E-state index in [1.165, 1.54) is 0 Å². The van der Waals surface area contributed by atoms with Gasteiger partial charge in [-0.15, -0.1) is 0 Å². The van der Waals surface area contributed by atoms with Gasteiger partial charge in [-0.2, -0.15) is 0 Å². The third kappa shape index (κ3) is 3.67. The summed E-state index contributed by atoms with van der Waals surface area (Å²) in [5.74, 6) is -0.364. The molecule has 0 radical (unpaired) electrons. The number of nitrogens with two attached hydrogens (primary N) is 1. The van der Waals surface area contributed by atoms with Crippen molar-refractivity contribution >= 4 is 11.7 Å². The summed E-state index contributed by atoms with van der Waals surface area (Å²) in [6.07, 6.45) is 0.662. The van der Waals surface area contributed by atoms with E-state index in [9.17, 15) is 9.59 Å². The average Bonchev–Trinajstić information content (AvgIpc) is 2.38. The van der Waals surface area contributed by atoms with Crippen molar-refractivity contribution in [3.05, 3.63) is 35.9 Å². The van der Waals surface area contributed by atoms with E-state index in [2.05, 4.69) is 0 Å². The molecular weight excluding hydrogens is 228 g/mol. The summed E-state index contributed by atoms with van der Waals surface area (Å²) < 4.78 is 0. The minimum atomic E-state index is -0.406. The molecule has 1 aromatic carbocycles. The summed E-state index contributed by atoms with van der Waals surface area (Å²) in [6, 6.07) is 8.85. The number of carbonyl (C=O) groups is 2. The van der Waals surface area contributed by atoms with Gasteiger partial charge in [0.05, 0.1) is 12.6 Å². The van der Waals surface area contributed by atoms with Crippen LogP contribution in [0.2, 0.25) is 0 Å². The van der Waals surface area contributed by atoms with E-state index in [1.807, 2.05) is 36.9 Å². The predicted molar refractivity (Wildman–Crippen MR) is 71.3 cm³/mol. The minimum Gasteiger partial charge on any atom is -0.369 e. The van der Waals surface area contributed by atoms with E-state index in [-0.39, 0.29) is 18.4 Å². The number of carbonyl (C=O) groups excluding carboxylic acids is 2. The summed E-state index contributed by atoms with van der Waals surface area (Å²) in [5, 5.41) is 0. The monoisotopic (exact) mass is 248 g/mol. The highest BCUT2D eigenvalue weighted by molar-refractivity contribution is 6.00. The molecule has 0 heterocycles. The number of nitrogens with zero attached hydrogens (tertiary/aromatic N) is 1. The molecule has 0 aliphatic rings. The number of hydrogen-bond donors (Lipinski definition) is 1. The van der Waals surface area contributed by atoms with Crippen LogP contribution in [-0.4, -0.2) is 35.7 Å². The highest BCUT2D eigenvalue weighted by Crippen LogP contribution is 2.12. The normalized spacial score (nSPS) is 12.4. The Kier molecular flexibility index (Phi) is 5.52. The van der Waals surface area contributed by atoms with Gasteiger partial charge in [0.25, 0.3) is 0 Å². The van der Waals surface area contributed by atoms with E-state index >= 15 is 0 Å². The van der Waals surface area contributed by atoms with Gasteiger partial charge in [0.2, 0.25) is 5.91 Å². The zero-order chi connectivity index (χ0) is 13.5. The average molecular weight is 248 g/mol. The Labute approximate surface area is 108 Å². The second-order valence-electron chi connectivity index (χ2n) is 4.18. The lowest BCUT2D eigenvalue weighted by Crippen LogP contribution is -2.45. The SMILES string of the molecule is CCC(C(=O)c1ccccc1)N(CC)CC(N)=O. The van der Waals surface area contributed by atoms with Crippen molar-refractivity contribution in [3.63, 3.8) is 0 Å². The van der Waals surface area contributed by atoms with Crippen LogP contribution >= 0.6 is 0 Å². The van der Waals surface area contributed by atoms with Crippen molar-refractivity contribution in [2.24, 2.45) is 5.73 Å². The van der Waals surface area contributed by atoms with E-state index in [0.717, 1.165) is 0 Å². The Bertz CT molecular complexity index is 404. The van der Waals surface area contributed by atoms with Crippen LogP contribution in [0.15, 0.2) is 30.3 Å². The molecule has 2 N–H and O–H groups in total.